The molecule has 0 spiro atoms. The summed E-state index contributed by atoms with van der Waals surface area (Å²) < 4.78 is 15.3. The summed E-state index contributed by atoms with van der Waals surface area (Å²) in [5.74, 6) is -0.229. The number of benzene rings is 1. The second-order valence-electron chi connectivity index (χ2n) is 4.01. The molecular formula is C15H14O5S. The van der Waals surface area contributed by atoms with Crippen LogP contribution in [-0.2, 0) is 4.74 Å². The van der Waals surface area contributed by atoms with Crippen molar-refractivity contribution in [2.75, 3.05) is 20.8 Å². The van der Waals surface area contributed by atoms with Gasteiger partial charge in [-0.2, -0.15) is 0 Å². The minimum absolute atomic E-state index is 0.168. The van der Waals surface area contributed by atoms with Crippen LogP contribution in [0.1, 0.15) is 20.0 Å². The number of thiophene rings is 1. The first-order valence-electron chi connectivity index (χ1n) is 6.12. The molecule has 0 aliphatic heterocycles. The van der Waals surface area contributed by atoms with Crippen molar-refractivity contribution in [3.8, 4) is 11.5 Å². The maximum atomic E-state index is 12.1. The van der Waals surface area contributed by atoms with Crippen molar-refractivity contribution in [2.45, 2.75) is 0 Å². The van der Waals surface area contributed by atoms with E-state index in [9.17, 15) is 9.59 Å². The highest BCUT2D eigenvalue weighted by Gasteiger charge is 2.21. The Balaban J connectivity index is 2.12. The monoisotopic (exact) mass is 306 g/mol. The number of esters is 1. The highest BCUT2D eigenvalue weighted by atomic mass is 32.1. The third kappa shape index (κ3) is 3.41. The summed E-state index contributed by atoms with van der Waals surface area (Å²) >= 11 is 1.30. The normalized spacial score (nSPS) is 10.0. The van der Waals surface area contributed by atoms with Gasteiger partial charge in [-0.15, -0.1) is 11.3 Å². The van der Waals surface area contributed by atoms with E-state index in [0.717, 1.165) is 0 Å². The summed E-state index contributed by atoms with van der Waals surface area (Å²) in [6.45, 7) is -0.319. The second-order valence-corrected chi connectivity index (χ2v) is 4.96. The molecule has 0 aliphatic carbocycles. The summed E-state index contributed by atoms with van der Waals surface area (Å²) in [6.07, 6.45) is 0. The molecule has 0 unspecified atom stereocenters. The van der Waals surface area contributed by atoms with Gasteiger partial charge in [0.05, 0.1) is 19.1 Å². The lowest BCUT2D eigenvalue weighted by Crippen LogP contribution is -2.15. The van der Waals surface area contributed by atoms with E-state index in [4.69, 9.17) is 14.2 Å². The van der Waals surface area contributed by atoms with Gasteiger partial charge in [-0.25, -0.2) is 4.79 Å². The van der Waals surface area contributed by atoms with Gasteiger partial charge in [0.15, 0.2) is 6.61 Å². The molecule has 21 heavy (non-hydrogen) atoms. The number of methoxy groups -OCH3 is 2. The molecular weight excluding hydrogens is 292 g/mol. The Morgan fingerprint density at radius 2 is 1.71 bits per heavy atom. The first kappa shape index (κ1) is 15.1. The zero-order valence-corrected chi connectivity index (χ0v) is 12.4. The summed E-state index contributed by atoms with van der Waals surface area (Å²) in [4.78, 5) is 24.5. The number of ketones is 1. The molecule has 0 amide bonds. The number of carbonyl (C=O) groups excluding carboxylic acids is 2. The highest BCUT2D eigenvalue weighted by Crippen LogP contribution is 2.28. The van der Waals surface area contributed by atoms with E-state index >= 15 is 0 Å². The molecule has 2 aromatic rings. The molecule has 0 bridgehead atoms. The Bertz CT molecular complexity index is 611. The lowest BCUT2D eigenvalue weighted by molar-refractivity contribution is 0.0469. The quantitative estimate of drug-likeness (QED) is 0.606. The molecule has 0 aliphatic rings. The van der Waals surface area contributed by atoms with Crippen molar-refractivity contribution in [2.24, 2.45) is 0 Å². The van der Waals surface area contributed by atoms with Crippen molar-refractivity contribution in [1.29, 1.82) is 0 Å². The molecule has 1 aromatic carbocycles. The average Bonchev–Trinajstić information content (AvgIpc) is 3.05. The van der Waals surface area contributed by atoms with Crippen LogP contribution in [0.25, 0.3) is 0 Å². The Hall–Kier alpha value is -2.34. The zero-order chi connectivity index (χ0) is 15.2. The molecule has 1 aromatic heterocycles. The maximum absolute atomic E-state index is 12.1. The van der Waals surface area contributed by atoms with Crippen LogP contribution in [-0.4, -0.2) is 32.6 Å². The average molecular weight is 306 g/mol. The van der Waals surface area contributed by atoms with Gasteiger partial charge < -0.3 is 14.2 Å². The predicted molar refractivity (Wildman–Crippen MR) is 78.5 cm³/mol. The van der Waals surface area contributed by atoms with Crippen LogP contribution < -0.4 is 9.47 Å². The van der Waals surface area contributed by atoms with E-state index < -0.39 is 5.97 Å². The van der Waals surface area contributed by atoms with Crippen molar-refractivity contribution in [3.05, 3.63) is 46.2 Å². The molecule has 2 rings (SSSR count). The molecule has 6 heteroatoms. The van der Waals surface area contributed by atoms with Crippen LogP contribution in [0.2, 0.25) is 0 Å². The first-order valence-corrected chi connectivity index (χ1v) is 7.00. The lowest BCUT2D eigenvalue weighted by atomic mass is 10.2. The van der Waals surface area contributed by atoms with Crippen molar-refractivity contribution in [1.82, 2.24) is 0 Å². The van der Waals surface area contributed by atoms with Crippen LogP contribution in [0.4, 0.5) is 0 Å². The largest absolute Gasteiger partial charge is 0.496 e. The van der Waals surface area contributed by atoms with Gasteiger partial charge in [0.2, 0.25) is 5.78 Å². The minimum Gasteiger partial charge on any atom is -0.496 e. The smallest absolute Gasteiger partial charge is 0.346 e. The van der Waals surface area contributed by atoms with E-state index in [2.05, 4.69) is 0 Å². The fourth-order valence-corrected chi connectivity index (χ4v) is 2.42. The number of ether oxygens (including phenoxy) is 3. The molecule has 110 valence electrons. The summed E-state index contributed by atoms with van der Waals surface area (Å²) in [5, 5.41) is 1.79. The van der Waals surface area contributed by atoms with Gasteiger partial charge in [0.1, 0.15) is 17.1 Å². The van der Waals surface area contributed by atoms with Crippen molar-refractivity contribution in [3.63, 3.8) is 0 Å². The Labute approximate surface area is 126 Å². The number of rotatable bonds is 6. The molecule has 0 fully saturated rings. The SMILES string of the molecule is COc1cccc(OC)c1C(=O)OCC(=O)c1cccs1. The fraction of sp³-hybridized carbons (Fsp3) is 0.200. The van der Waals surface area contributed by atoms with Gasteiger partial charge in [0.25, 0.3) is 0 Å². The molecule has 0 N–H and O–H groups in total. The van der Waals surface area contributed by atoms with Gasteiger partial charge in [-0.05, 0) is 23.6 Å². The number of Topliss-reactive ketones (excluding diaryl/α,β-unsaturated/α-hetero) is 1. The topological polar surface area (TPSA) is 61.8 Å². The van der Waals surface area contributed by atoms with E-state index in [0.29, 0.717) is 16.4 Å². The standard InChI is InChI=1S/C15H14O5S/c1-18-11-5-3-6-12(19-2)14(11)15(17)20-9-10(16)13-7-4-8-21-13/h3-8H,9H2,1-2H3. The Morgan fingerprint density at radius 3 is 2.24 bits per heavy atom. The van der Waals surface area contributed by atoms with Gasteiger partial charge in [0, 0.05) is 0 Å². The van der Waals surface area contributed by atoms with E-state index in [1.807, 2.05) is 0 Å². The molecule has 0 saturated carbocycles. The molecule has 1 heterocycles. The first-order chi connectivity index (χ1) is 10.2. The van der Waals surface area contributed by atoms with Gasteiger partial charge >= 0.3 is 5.97 Å². The van der Waals surface area contributed by atoms with Crippen molar-refractivity contribution < 1.29 is 23.8 Å². The van der Waals surface area contributed by atoms with E-state index in [-0.39, 0.29) is 18.0 Å². The Morgan fingerprint density at radius 1 is 1.05 bits per heavy atom. The van der Waals surface area contributed by atoms with E-state index in [1.54, 1.807) is 35.7 Å². The summed E-state index contributed by atoms with van der Waals surface area (Å²) in [7, 11) is 2.89. The molecule has 5 nitrogen and oxygen atoms in total. The zero-order valence-electron chi connectivity index (χ0n) is 11.6. The molecule has 0 saturated heterocycles. The maximum Gasteiger partial charge on any atom is 0.346 e. The Kier molecular flexibility index (Phi) is 4.94. The van der Waals surface area contributed by atoms with Crippen LogP contribution in [0, 0.1) is 0 Å². The lowest BCUT2D eigenvalue weighted by Gasteiger charge is -2.11. The predicted octanol–water partition coefficient (Wildman–Crippen LogP) is 2.81. The molecule has 0 radical (unpaired) electrons. The minimum atomic E-state index is -0.658. The highest BCUT2D eigenvalue weighted by molar-refractivity contribution is 7.12. The second kappa shape index (κ2) is 6.90. The fourth-order valence-electron chi connectivity index (χ4n) is 1.76. The van der Waals surface area contributed by atoms with Crippen LogP contribution >= 0.6 is 11.3 Å². The summed E-state index contributed by atoms with van der Waals surface area (Å²) in [5.41, 5.74) is 0.168. The number of hydrogen-bond donors (Lipinski definition) is 0. The van der Waals surface area contributed by atoms with Crippen LogP contribution in [0.3, 0.4) is 0 Å². The van der Waals surface area contributed by atoms with Gasteiger partial charge in [-0.3, -0.25) is 4.79 Å². The summed E-state index contributed by atoms with van der Waals surface area (Å²) in [6, 6.07) is 8.40. The van der Waals surface area contributed by atoms with Crippen molar-refractivity contribution >= 4 is 23.1 Å². The van der Waals surface area contributed by atoms with E-state index in [1.165, 1.54) is 25.6 Å². The number of carbonyl (C=O) groups is 2. The van der Waals surface area contributed by atoms with Crippen LogP contribution in [0.15, 0.2) is 35.7 Å². The third-order valence-electron chi connectivity index (χ3n) is 2.76. The van der Waals surface area contributed by atoms with Gasteiger partial charge in [-0.1, -0.05) is 12.1 Å². The van der Waals surface area contributed by atoms with Crippen LogP contribution in [0.5, 0.6) is 11.5 Å². The number of hydrogen-bond acceptors (Lipinski definition) is 6. The molecule has 0 atom stereocenters. The third-order valence-corrected chi connectivity index (χ3v) is 3.67.